The van der Waals surface area contributed by atoms with Gasteiger partial charge in [-0.15, -0.1) is 12.4 Å². The Labute approximate surface area is 146 Å². The molecule has 0 radical (unpaired) electrons. The van der Waals surface area contributed by atoms with Gasteiger partial charge in [-0.05, 0) is 68.5 Å². The first-order valence-corrected chi connectivity index (χ1v) is 8.76. The average molecular weight is 340 g/mol. The molecular formula is C19H30ClNO2. The third-order valence-electron chi connectivity index (χ3n) is 5.95. The average Bonchev–Trinajstić information content (AvgIpc) is 2.55. The number of aliphatic hydroxyl groups is 1. The molecule has 130 valence electrons. The molecule has 3 rings (SSSR count). The fourth-order valence-corrected chi connectivity index (χ4v) is 4.72. The quantitative estimate of drug-likeness (QED) is 0.805. The molecule has 1 saturated carbocycles. The molecule has 1 fully saturated rings. The highest BCUT2D eigenvalue weighted by molar-refractivity contribution is 5.85. The van der Waals surface area contributed by atoms with E-state index in [1.54, 1.807) is 7.11 Å². The van der Waals surface area contributed by atoms with Crippen LogP contribution in [0.1, 0.15) is 56.6 Å². The van der Waals surface area contributed by atoms with Gasteiger partial charge in [0.1, 0.15) is 5.75 Å². The van der Waals surface area contributed by atoms with Crippen molar-refractivity contribution in [3.63, 3.8) is 0 Å². The molecule has 2 aliphatic carbocycles. The van der Waals surface area contributed by atoms with E-state index in [-0.39, 0.29) is 17.8 Å². The van der Waals surface area contributed by atoms with Gasteiger partial charge in [-0.1, -0.05) is 25.8 Å². The van der Waals surface area contributed by atoms with Crippen molar-refractivity contribution in [3.8, 4) is 5.75 Å². The van der Waals surface area contributed by atoms with E-state index in [1.165, 1.54) is 17.5 Å². The number of aryl methyl sites for hydroxylation is 1. The minimum absolute atomic E-state index is 0. The van der Waals surface area contributed by atoms with Crippen LogP contribution >= 0.6 is 12.4 Å². The van der Waals surface area contributed by atoms with Gasteiger partial charge in [0.25, 0.3) is 0 Å². The minimum atomic E-state index is -0.542. The first kappa shape index (κ1) is 18.6. The van der Waals surface area contributed by atoms with Crippen LogP contribution in [0.5, 0.6) is 5.75 Å². The van der Waals surface area contributed by atoms with Crippen LogP contribution in [0.25, 0.3) is 0 Å². The maximum absolute atomic E-state index is 11.5. The Morgan fingerprint density at radius 1 is 1.22 bits per heavy atom. The number of fused-ring (bicyclic) bond motifs is 3. The maximum Gasteiger partial charge on any atom is 0.119 e. The van der Waals surface area contributed by atoms with Gasteiger partial charge in [0.2, 0.25) is 0 Å². The van der Waals surface area contributed by atoms with Crippen LogP contribution in [0.3, 0.4) is 0 Å². The molecule has 3 nitrogen and oxygen atoms in total. The fraction of sp³-hybridized carbons (Fsp3) is 0.684. The Morgan fingerprint density at radius 2 is 2.00 bits per heavy atom. The van der Waals surface area contributed by atoms with E-state index in [2.05, 4.69) is 30.4 Å². The summed E-state index contributed by atoms with van der Waals surface area (Å²) in [5.41, 5.74) is 2.11. The van der Waals surface area contributed by atoms with Crippen molar-refractivity contribution in [2.24, 2.45) is 0 Å². The summed E-state index contributed by atoms with van der Waals surface area (Å²) in [6, 6.07) is 6.46. The predicted molar refractivity (Wildman–Crippen MR) is 96.8 cm³/mol. The van der Waals surface area contributed by atoms with Gasteiger partial charge < -0.3 is 15.2 Å². The monoisotopic (exact) mass is 339 g/mol. The molecule has 23 heavy (non-hydrogen) atoms. The zero-order chi connectivity index (χ0) is 15.6. The molecule has 0 heterocycles. The first-order valence-electron chi connectivity index (χ1n) is 8.76. The van der Waals surface area contributed by atoms with E-state index >= 15 is 0 Å². The number of benzene rings is 1. The smallest absolute Gasteiger partial charge is 0.119 e. The zero-order valence-corrected chi connectivity index (χ0v) is 15.2. The molecule has 2 N–H and O–H groups in total. The van der Waals surface area contributed by atoms with E-state index in [0.717, 1.165) is 57.4 Å². The van der Waals surface area contributed by atoms with E-state index in [1.807, 2.05) is 0 Å². The first-order chi connectivity index (χ1) is 10.6. The Morgan fingerprint density at radius 3 is 2.74 bits per heavy atom. The van der Waals surface area contributed by atoms with E-state index in [9.17, 15) is 5.11 Å². The number of methoxy groups -OCH3 is 1. The molecule has 4 heteroatoms. The van der Waals surface area contributed by atoms with Crippen LogP contribution in [-0.2, 0) is 11.8 Å². The summed E-state index contributed by atoms with van der Waals surface area (Å²) < 4.78 is 5.47. The zero-order valence-electron chi connectivity index (χ0n) is 14.4. The van der Waals surface area contributed by atoms with Crippen LogP contribution in [0.15, 0.2) is 18.2 Å². The summed E-state index contributed by atoms with van der Waals surface area (Å²) >= 11 is 0. The molecular weight excluding hydrogens is 310 g/mol. The lowest BCUT2D eigenvalue weighted by molar-refractivity contribution is -0.0868. The van der Waals surface area contributed by atoms with Gasteiger partial charge in [-0.2, -0.15) is 0 Å². The second-order valence-corrected chi connectivity index (χ2v) is 6.95. The molecule has 0 amide bonds. The number of rotatable bonds is 5. The maximum atomic E-state index is 11.5. The van der Waals surface area contributed by atoms with Crippen molar-refractivity contribution in [1.82, 2.24) is 5.32 Å². The Kier molecular flexibility index (Phi) is 5.99. The van der Waals surface area contributed by atoms with E-state index in [0.29, 0.717) is 0 Å². The van der Waals surface area contributed by atoms with Crippen molar-refractivity contribution in [2.45, 2.75) is 62.9 Å². The van der Waals surface area contributed by atoms with E-state index in [4.69, 9.17) is 4.74 Å². The lowest BCUT2D eigenvalue weighted by Crippen LogP contribution is -2.57. The molecule has 0 saturated heterocycles. The van der Waals surface area contributed by atoms with Gasteiger partial charge >= 0.3 is 0 Å². The molecule has 1 aromatic rings. The van der Waals surface area contributed by atoms with Gasteiger partial charge in [-0.3, -0.25) is 0 Å². The number of ether oxygens (including phenoxy) is 1. The van der Waals surface area contributed by atoms with Crippen molar-refractivity contribution >= 4 is 12.4 Å². The molecule has 2 atom stereocenters. The fourth-order valence-electron chi connectivity index (χ4n) is 4.72. The highest BCUT2D eigenvalue weighted by atomic mass is 35.5. The van der Waals surface area contributed by atoms with Crippen molar-refractivity contribution in [3.05, 3.63) is 29.3 Å². The number of hydrogen-bond acceptors (Lipinski definition) is 3. The van der Waals surface area contributed by atoms with Gasteiger partial charge in [0.15, 0.2) is 0 Å². The van der Waals surface area contributed by atoms with Crippen molar-refractivity contribution in [2.75, 3.05) is 20.2 Å². The standard InChI is InChI=1S/C19H29NO2.ClH/c1-3-20-13-12-18-9-4-5-10-19(18,21)11-8-15-6-7-16(22-2)14-17(15)18;/h6-7,14,20-21H,3-5,8-13H2,1-2H3;1H/t18-,19+;/m1./s1. The third-order valence-corrected chi connectivity index (χ3v) is 5.95. The van der Waals surface area contributed by atoms with Crippen LogP contribution < -0.4 is 10.1 Å². The summed E-state index contributed by atoms with van der Waals surface area (Å²) in [5, 5.41) is 14.9. The molecule has 1 aromatic carbocycles. The van der Waals surface area contributed by atoms with Crippen LogP contribution in [0.2, 0.25) is 0 Å². The highest BCUT2D eigenvalue weighted by Gasteiger charge is 2.54. The van der Waals surface area contributed by atoms with E-state index < -0.39 is 5.60 Å². The van der Waals surface area contributed by atoms with Crippen molar-refractivity contribution < 1.29 is 9.84 Å². The van der Waals surface area contributed by atoms with Crippen LogP contribution in [-0.4, -0.2) is 30.9 Å². The molecule has 0 spiro atoms. The molecule has 0 unspecified atom stereocenters. The van der Waals surface area contributed by atoms with Crippen LogP contribution in [0.4, 0.5) is 0 Å². The van der Waals surface area contributed by atoms with Gasteiger partial charge in [0, 0.05) is 5.41 Å². The predicted octanol–water partition coefficient (Wildman–Crippen LogP) is 3.61. The van der Waals surface area contributed by atoms with Gasteiger partial charge in [-0.25, -0.2) is 0 Å². The third kappa shape index (κ3) is 3.11. The van der Waals surface area contributed by atoms with Gasteiger partial charge in [0.05, 0.1) is 12.7 Å². The molecule has 2 aliphatic rings. The van der Waals surface area contributed by atoms with Crippen LogP contribution in [0, 0.1) is 0 Å². The SMILES string of the molecule is CCNCC[C@@]12CCCC[C@]1(O)CCc1ccc(OC)cc12.Cl. The summed E-state index contributed by atoms with van der Waals surface area (Å²) in [6.07, 6.45) is 7.30. The number of halogens is 1. The topological polar surface area (TPSA) is 41.5 Å². The lowest BCUT2D eigenvalue weighted by Gasteiger charge is -2.55. The summed E-state index contributed by atoms with van der Waals surface area (Å²) in [4.78, 5) is 0. The summed E-state index contributed by atoms with van der Waals surface area (Å²) in [6.45, 7) is 4.09. The molecule has 0 bridgehead atoms. The number of hydrogen-bond donors (Lipinski definition) is 2. The summed E-state index contributed by atoms with van der Waals surface area (Å²) in [5.74, 6) is 0.913. The Hall–Kier alpha value is -0.770. The second kappa shape index (κ2) is 7.42. The van der Waals surface area contributed by atoms with Crippen molar-refractivity contribution in [1.29, 1.82) is 0 Å². The highest BCUT2D eigenvalue weighted by Crippen LogP contribution is 2.55. The second-order valence-electron chi connectivity index (χ2n) is 6.95. The molecule has 0 aliphatic heterocycles. The normalized spacial score (nSPS) is 29.2. The minimum Gasteiger partial charge on any atom is -0.497 e. The lowest BCUT2D eigenvalue weighted by atomic mass is 9.53. The Balaban J connectivity index is 0.00000192. The summed E-state index contributed by atoms with van der Waals surface area (Å²) in [7, 11) is 1.73. The molecule has 0 aromatic heterocycles. The Bertz CT molecular complexity index is 536. The largest absolute Gasteiger partial charge is 0.497 e. The number of nitrogens with one attached hydrogen (secondary N) is 1.